The van der Waals surface area contributed by atoms with Crippen LogP contribution in [0.2, 0.25) is 5.15 Å². The van der Waals surface area contributed by atoms with Gasteiger partial charge in [0.05, 0.1) is 0 Å². The second-order valence-electron chi connectivity index (χ2n) is 2.18. The maximum atomic E-state index is 11.1. The fourth-order valence-corrected chi connectivity index (χ4v) is 1.20. The van der Waals surface area contributed by atoms with Crippen LogP contribution in [0, 0.1) is 0 Å². The highest BCUT2D eigenvalue weighted by Gasteiger charge is 2.05. The molecule has 0 saturated heterocycles. The number of hydrogen-bond acceptors (Lipinski definition) is 3. The van der Waals surface area contributed by atoms with Crippen LogP contribution in [0.15, 0.2) is 12.4 Å². The molecule has 0 spiro atoms. The lowest BCUT2D eigenvalue weighted by atomic mass is 10.4. The van der Waals surface area contributed by atoms with Gasteiger partial charge in [0.2, 0.25) is 5.91 Å². The first-order valence-electron chi connectivity index (χ1n) is 3.56. The van der Waals surface area contributed by atoms with Gasteiger partial charge in [0.15, 0.2) is 11.0 Å². The van der Waals surface area contributed by atoms with Gasteiger partial charge in [-0.25, -0.2) is 9.97 Å². The van der Waals surface area contributed by atoms with Crippen molar-refractivity contribution in [2.75, 3.05) is 10.6 Å². The Hall–Kier alpha value is -0.680. The van der Waals surface area contributed by atoms with Gasteiger partial charge in [-0.3, -0.25) is 4.79 Å². The zero-order valence-corrected chi connectivity index (χ0v) is 8.97. The molecule has 0 unspecified atom stereocenters. The standard InChI is InChI=1S/C7H7BrClN3O/c8-2-1-5(13)12-7-6(9)10-3-4-11-7/h3-4H,1-2H2,(H,11,12,13). The number of hydrogen-bond donors (Lipinski definition) is 1. The summed E-state index contributed by atoms with van der Waals surface area (Å²) >= 11 is 8.82. The molecule has 0 atom stereocenters. The molecule has 4 nitrogen and oxygen atoms in total. The summed E-state index contributed by atoms with van der Waals surface area (Å²) in [5.41, 5.74) is 0. The topological polar surface area (TPSA) is 54.9 Å². The van der Waals surface area contributed by atoms with Gasteiger partial charge in [0.1, 0.15) is 0 Å². The lowest BCUT2D eigenvalue weighted by Crippen LogP contribution is -2.13. The first-order valence-corrected chi connectivity index (χ1v) is 5.06. The van der Waals surface area contributed by atoms with Crippen molar-refractivity contribution in [3.05, 3.63) is 17.5 Å². The SMILES string of the molecule is O=C(CCBr)Nc1nccnc1Cl. The zero-order chi connectivity index (χ0) is 9.68. The van der Waals surface area contributed by atoms with Gasteiger partial charge in [-0.2, -0.15) is 0 Å². The van der Waals surface area contributed by atoms with Crippen molar-refractivity contribution in [1.82, 2.24) is 9.97 Å². The van der Waals surface area contributed by atoms with Gasteiger partial charge in [0, 0.05) is 24.1 Å². The number of nitrogens with one attached hydrogen (secondary N) is 1. The van der Waals surface area contributed by atoms with E-state index >= 15 is 0 Å². The summed E-state index contributed by atoms with van der Waals surface area (Å²) in [4.78, 5) is 18.7. The average molecular weight is 265 g/mol. The number of carbonyl (C=O) groups excluding carboxylic acids is 1. The molecule has 1 aromatic rings. The summed E-state index contributed by atoms with van der Waals surface area (Å²) in [5, 5.41) is 3.34. The van der Waals surface area contributed by atoms with Crippen molar-refractivity contribution in [3.8, 4) is 0 Å². The van der Waals surface area contributed by atoms with E-state index in [1.165, 1.54) is 12.4 Å². The van der Waals surface area contributed by atoms with Gasteiger partial charge >= 0.3 is 0 Å². The third-order valence-electron chi connectivity index (χ3n) is 1.23. The van der Waals surface area contributed by atoms with Gasteiger partial charge in [-0.05, 0) is 0 Å². The van der Waals surface area contributed by atoms with Gasteiger partial charge < -0.3 is 5.32 Å². The Labute approximate surface area is 88.8 Å². The molecule has 0 bridgehead atoms. The molecule has 0 aliphatic rings. The second kappa shape index (κ2) is 5.14. The molecule has 1 heterocycles. The predicted molar refractivity (Wildman–Crippen MR) is 54.1 cm³/mol. The molecular weight excluding hydrogens is 257 g/mol. The first-order chi connectivity index (χ1) is 6.24. The Morgan fingerprint density at radius 1 is 1.54 bits per heavy atom. The van der Waals surface area contributed by atoms with Crippen LogP contribution in [0.25, 0.3) is 0 Å². The molecule has 0 aliphatic heterocycles. The second-order valence-corrected chi connectivity index (χ2v) is 3.33. The van der Waals surface area contributed by atoms with Crippen molar-refractivity contribution in [1.29, 1.82) is 0 Å². The summed E-state index contributed by atoms with van der Waals surface area (Å²) in [6.45, 7) is 0. The van der Waals surface area contributed by atoms with Crippen molar-refractivity contribution < 1.29 is 4.79 Å². The molecule has 0 radical (unpaired) electrons. The number of rotatable bonds is 3. The maximum absolute atomic E-state index is 11.1. The monoisotopic (exact) mass is 263 g/mol. The summed E-state index contributed by atoms with van der Waals surface area (Å²) in [7, 11) is 0. The number of alkyl halides is 1. The minimum atomic E-state index is -0.140. The van der Waals surface area contributed by atoms with Crippen LogP contribution in [0.3, 0.4) is 0 Å². The molecule has 1 N–H and O–H groups in total. The zero-order valence-electron chi connectivity index (χ0n) is 6.63. The smallest absolute Gasteiger partial charge is 0.226 e. The van der Waals surface area contributed by atoms with E-state index in [1.807, 2.05) is 0 Å². The van der Waals surface area contributed by atoms with E-state index in [0.29, 0.717) is 17.6 Å². The van der Waals surface area contributed by atoms with E-state index in [9.17, 15) is 4.79 Å². The highest BCUT2D eigenvalue weighted by molar-refractivity contribution is 9.09. The number of anilines is 1. The van der Waals surface area contributed by atoms with Crippen molar-refractivity contribution in [2.24, 2.45) is 0 Å². The Morgan fingerprint density at radius 2 is 2.23 bits per heavy atom. The molecule has 1 rings (SSSR count). The molecule has 0 saturated carbocycles. The Bertz CT molecular complexity index is 308. The quantitative estimate of drug-likeness (QED) is 0.848. The molecule has 70 valence electrons. The lowest BCUT2D eigenvalue weighted by molar-refractivity contribution is -0.115. The fraction of sp³-hybridized carbons (Fsp3) is 0.286. The van der Waals surface area contributed by atoms with Crippen LogP contribution < -0.4 is 5.32 Å². The summed E-state index contributed by atoms with van der Waals surface area (Å²) in [6.07, 6.45) is 3.31. The normalized spacial score (nSPS) is 9.69. The third kappa shape index (κ3) is 3.28. The summed E-state index contributed by atoms with van der Waals surface area (Å²) in [5.74, 6) is 0.161. The van der Waals surface area contributed by atoms with Crippen LogP contribution in [0.1, 0.15) is 6.42 Å². The molecule has 6 heteroatoms. The largest absolute Gasteiger partial charge is 0.308 e. The summed E-state index contributed by atoms with van der Waals surface area (Å²) < 4.78 is 0. The molecular formula is C7H7BrClN3O. The number of nitrogens with zero attached hydrogens (tertiary/aromatic N) is 2. The molecule has 1 amide bonds. The van der Waals surface area contributed by atoms with Crippen LogP contribution in [-0.4, -0.2) is 21.2 Å². The highest BCUT2D eigenvalue weighted by atomic mass is 79.9. The van der Waals surface area contributed by atoms with Gasteiger partial charge in [0.25, 0.3) is 0 Å². The summed E-state index contributed by atoms with van der Waals surface area (Å²) in [6, 6.07) is 0. The Morgan fingerprint density at radius 3 is 2.85 bits per heavy atom. The predicted octanol–water partition coefficient (Wildman–Crippen LogP) is 1.85. The van der Waals surface area contributed by atoms with E-state index < -0.39 is 0 Å². The Balaban J connectivity index is 2.63. The average Bonchev–Trinajstić information content (AvgIpc) is 2.09. The van der Waals surface area contributed by atoms with Crippen LogP contribution >= 0.6 is 27.5 Å². The first kappa shape index (κ1) is 10.4. The Kier molecular flexibility index (Phi) is 4.11. The van der Waals surface area contributed by atoms with E-state index in [2.05, 4.69) is 31.2 Å². The van der Waals surface area contributed by atoms with E-state index in [1.54, 1.807) is 0 Å². The van der Waals surface area contributed by atoms with E-state index in [-0.39, 0.29) is 11.1 Å². The van der Waals surface area contributed by atoms with Gasteiger partial charge in [-0.1, -0.05) is 27.5 Å². The van der Waals surface area contributed by atoms with Crippen LogP contribution in [0.4, 0.5) is 5.82 Å². The van der Waals surface area contributed by atoms with E-state index in [0.717, 1.165) is 0 Å². The van der Waals surface area contributed by atoms with Crippen molar-refractivity contribution >= 4 is 39.3 Å². The van der Waals surface area contributed by atoms with Crippen LogP contribution in [-0.2, 0) is 4.79 Å². The molecule has 0 aromatic carbocycles. The fourth-order valence-electron chi connectivity index (χ4n) is 0.685. The number of aromatic nitrogens is 2. The minimum Gasteiger partial charge on any atom is -0.308 e. The number of carbonyl (C=O) groups is 1. The minimum absolute atomic E-state index is 0.140. The molecule has 0 aliphatic carbocycles. The molecule has 13 heavy (non-hydrogen) atoms. The molecule has 1 aromatic heterocycles. The third-order valence-corrected chi connectivity index (χ3v) is 1.91. The van der Waals surface area contributed by atoms with Crippen LogP contribution in [0.5, 0.6) is 0 Å². The van der Waals surface area contributed by atoms with Crippen molar-refractivity contribution in [2.45, 2.75) is 6.42 Å². The highest BCUT2D eigenvalue weighted by Crippen LogP contribution is 2.13. The van der Waals surface area contributed by atoms with Gasteiger partial charge in [-0.15, -0.1) is 0 Å². The maximum Gasteiger partial charge on any atom is 0.226 e. The lowest BCUT2D eigenvalue weighted by Gasteiger charge is -2.02. The number of halogens is 2. The number of amides is 1. The van der Waals surface area contributed by atoms with Crippen molar-refractivity contribution in [3.63, 3.8) is 0 Å². The van der Waals surface area contributed by atoms with E-state index in [4.69, 9.17) is 11.6 Å². The molecule has 0 fully saturated rings.